The lowest BCUT2D eigenvalue weighted by Crippen LogP contribution is -1.99. The third-order valence-corrected chi connectivity index (χ3v) is 4.63. The van der Waals surface area contributed by atoms with Gasteiger partial charge in [0.2, 0.25) is 6.29 Å². The number of hydrogen-bond acceptors (Lipinski definition) is 7. The van der Waals surface area contributed by atoms with E-state index in [1.165, 1.54) is 23.9 Å². The maximum absolute atomic E-state index is 11.2. The summed E-state index contributed by atoms with van der Waals surface area (Å²) in [5.74, 6) is 0. The average Bonchev–Trinajstić information content (AvgIpc) is 3.24. The van der Waals surface area contributed by atoms with Crippen LogP contribution in [0.25, 0.3) is 11.0 Å². The van der Waals surface area contributed by atoms with Crippen molar-refractivity contribution < 1.29 is 18.9 Å². The third kappa shape index (κ3) is 2.75. The van der Waals surface area contributed by atoms with Gasteiger partial charge in [-0.25, -0.2) is 0 Å². The summed E-state index contributed by atoms with van der Waals surface area (Å²) >= 11 is 1.41. The highest BCUT2D eigenvalue weighted by atomic mass is 32.2. The van der Waals surface area contributed by atoms with Gasteiger partial charge >= 0.3 is 0 Å². The highest BCUT2D eigenvalue weighted by Crippen LogP contribution is 2.41. The fourth-order valence-electron chi connectivity index (χ4n) is 2.52. The first kappa shape index (κ1) is 15.1. The molecule has 0 radical (unpaired) electrons. The van der Waals surface area contributed by atoms with Gasteiger partial charge in [-0.1, -0.05) is 35.1 Å². The monoisotopic (exact) mass is 344 g/mol. The summed E-state index contributed by atoms with van der Waals surface area (Å²) < 4.78 is 16.3. The first-order chi connectivity index (χ1) is 11.7. The van der Waals surface area contributed by atoms with Crippen LogP contribution in [-0.4, -0.2) is 23.3 Å². The van der Waals surface area contributed by atoms with Crippen molar-refractivity contribution in [2.45, 2.75) is 16.1 Å². The zero-order chi connectivity index (χ0) is 16.5. The van der Waals surface area contributed by atoms with Gasteiger partial charge in [-0.2, -0.15) is 0 Å². The van der Waals surface area contributed by atoms with E-state index in [4.69, 9.17) is 14.0 Å². The highest BCUT2D eigenvalue weighted by Gasteiger charge is 2.28. The number of ether oxygens (including phenoxy) is 2. The Hall–Kier alpha value is -2.42. The van der Waals surface area contributed by atoms with Crippen LogP contribution in [0.5, 0.6) is 0 Å². The van der Waals surface area contributed by atoms with Crippen molar-refractivity contribution in [1.82, 2.24) is 5.16 Å². The Morgan fingerprint density at radius 2 is 1.92 bits per heavy atom. The zero-order valence-electron chi connectivity index (χ0n) is 12.4. The molecule has 1 aromatic heterocycles. The smallest absolute Gasteiger partial charge is 0.274 e. The Labute approximate surface area is 140 Å². The SMILES string of the molecule is O=[N+]([O-])c1cc(Sc2ccccc2)c2c(C3OCCO3)noc2c1. The quantitative estimate of drug-likeness (QED) is 0.523. The number of benzene rings is 2. The molecule has 1 saturated heterocycles. The molecule has 8 heteroatoms. The zero-order valence-corrected chi connectivity index (χ0v) is 13.2. The Balaban J connectivity index is 1.86. The predicted molar refractivity (Wildman–Crippen MR) is 85.9 cm³/mol. The van der Waals surface area contributed by atoms with Crippen molar-refractivity contribution in [3.05, 3.63) is 58.3 Å². The third-order valence-electron chi connectivity index (χ3n) is 3.58. The Kier molecular flexibility index (Phi) is 3.93. The molecule has 1 aliphatic rings. The van der Waals surface area contributed by atoms with Gasteiger partial charge in [0.25, 0.3) is 5.69 Å². The van der Waals surface area contributed by atoms with Crippen molar-refractivity contribution in [2.24, 2.45) is 0 Å². The van der Waals surface area contributed by atoms with Crippen molar-refractivity contribution >= 4 is 28.4 Å². The molecule has 0 unspecified atom stereocenters. The molecular weight excluding hydrogens is 332 g/mol. The Morgan fingerprint density at radius 1 is 1.17 bits per heavy atom. The van der Waals surface area contributed by atoms with Gasteiger partial charge in [-0.05, 0) is 12.1 Å². The van der Waals surface area contributed by atoms with Crippen LogP contribution in [0.1, 0.15) is 12.0 Å². The molecule has 1 aliphatic heterocycles. The van der Waals surface area contributed by atoms with Gasteiger partial charge in [0.15, 0.2) is 5.58 Å². The van der Waals surface area contributed by atoms with Gasteiger partial charge < -0.3 is 14.0 Å². The standard InChI is InChI=1S/C16H12N2O5S/c19-18(20)10-8-12-14(15(17-23-12)16-21-6-7-22-16)13(9-10)24-11-4-2-1-3-5-11/h1-5,8-9,16H,6-7H2. The summed E-state index contributed by atoms with van der Waals surface area (Å²) in [5, 5.41) is 15.9. The Bertz CT molecular complexity index is 890. The number of nitrogens with zero attached hydrogens (tertiary/aromatic N) is 2. The molecule has 1 fully saturated rings. The minimum absolute atomic E-state index is 0.0445. The highest BCUT2D eigenvalue weighted by molar-refractivity contribution is 7.99. The first-order valence-corrected chi connectivity index (χ1v) is 8.08. The van der Waals surface area contributed by atoms with E-state index in [1.54, 1.807) is 0 Å². The molecule has 0 saturated carbocycles. The molecule has 7 nitrogen and oxygen atoms in total. The minimum atomic E-state index is -0.608. The van der Waals surface area contributed by atoms with Crippen LogP contribution >= 0.6 is 11.8 Å². The average molecular weight is 344 g/mol. The summed E-state index contributed by atoms with van der Waals surface area (Å²) in [4.78, 5) is 12.4. The lowest BCUT2D eigenvalue weighted by atomic mass is 10.2. The van der Waals surface area contributed by atoms with Crippen LogP contribution in [0, 0.1) is 10.1 Å². The number of hydrogen-bond donors (Lipinski definition) is 0. The molecule has 0 amide bonds. The van der Waals surface area contributed by atoms with Gasteiger partial charge in [0.1, 0.15) is 5.69 Å². The van der Waals surface area contributed by atoms with E-state index in [-0.39, 0.29) is 5.69 Å². The van der Waals surface area contributed by atoms with Crippen molar-refractivity contribution in [2.75, 3.05) is 13.2 Å². The summed E-state index contributed by atoms with van der Waals surface area (Å²) in [7, 11) is 0. The lowest BCUT2D eigenvalue weighted by molar-refractivity contribution is -0.385. The van der Waals surface area contributed by atoms with Crippen molar-refractivity contribution in [1.29, 1.82) is 0 Å². The van der Waals surface area contributed by atoms with Gasteiger partial charge in [0.05, 0.1) is 29.6 Å². The van der Waals surface area contributed by atoms with Crippen molar-refractivity contribution in [3.63, 3.8) is 0 Å². The van der Waals surface area contributed by atoms with Gasteiger partial charge in [-0.3, -0.25) is 10.1 Å². The van der Waals surface area contributed by atoms with Crippen LogP contribution in [0.4, 0.5) is 5.69 Å². The second-order valence-electron chi connectivity index (χ2n) is 5.13. The van der Waals surface area contributed by atoms with E-state index in [2.05, 4.69) is 5.16 Å². The van der Waals surface area contributed by atoms with Gasteiger partial charge in [-0.15, -0.1) is 0 Å². The Morgan fingerprint density at radius 3 is 2.62 bits per heavy atom. The molecule has 24 heavy (non-hydrogen) atoms. The second kappa shape index (κ2) is 6.23. The molecular formula is C16H12N2O5S. The largest absolute Gasteiger partial charge is 0.356 e. The molecule has 0 N–H and O–H groups in total. The van der Waals surface area contributed by atoms with Crippen LogP contribution in [0.2, 0.25) is 0 Å². The molecule has 4 rings (SSSR count). The number of rotatable bonds is 4. The normalized spacial score (nSPS) is 15.2. The minimum Gasteiger partial charge on any atom is -0.356 e. The fraction of sp³-hybridized carbons (Fsp3) is 0.188. The van der Waals surface area contributed by atoms with E-state index in [1.807, 2.05) is 30.3 Å². The summed E-state index contributed by atoms with van der Waals surface area (Å²) in [5.41, 5.74) is 0.810. The van der Waals surface area contributed by atoms with Crippen LogP contribution in [0.15, 0.2) is 56.8 Å². The number of fused-ring (bicyclic) bond motifs is 1. The molecule has 2 heterocycles. The molecule has 2 aromatic carbocycles. The molecule has 0 aliphatic carbocycles. The van der Waals surface area contributed by atoms with E-state index in [0.29, 0.717) is 34.8 Å². The van der Waals surface area contributed by atoms with Crippen LogP contribution in [-0.2, 0) is 9.47 Å². The maximum Gasteiger partial charge on any atom is 0.274 e. The van der Waals surface area contributed by atoms with Gasteiger partial charge in [0, 0.05) is 15.9 Å². The lowest BCUT2D eigenvalue weighted by Gasteiger charge is -2.08. The molecule has 0 bridgehead atoms. The molecule has 3 aromatic rings. The number of nitro benzene ring substituents is 1. The van der Waals surface area contributed by atoms with E-state index < -0.39 is 11.2 Å². The van der Waals surface area contributed by atoms with E-state index in [0.717, 1.165) is 4.90 Å². The summed E-state index contributed by atoms with van der Waals surface area (Å²) in [6.45, 7) is 0.959. The first-order valence-electron chi connectivity index (χ1n) is 7.26. The van der Waals surface area contributed by atoms with Crippen molar-refractivity contribution in [3.8, 4) is 0 Å². The molecule has 0 spiro atoms. The number of nitro groups is 1. The number of aromatic nitrogens is 1. The molecule has 0 atom stereocenters. The topological polar surface area (TPSA) is 87.6 Å². The predicted octanol–water partition coefficient (Wildman–Crippen LogP) is 3.93. The maximum atomic E-state index is 11.2. The van der Waals surface area contributed by atoms with E-state index in [9.17, 15) is 10.1 Å². The second-order valence-corrected chi connectivity index (χ2v) is 6.25. The number of non-ortho nitro benzene ring substituents is 1. The van der Waals surface area contributed by atoms with Crippen LogP contribution in [0.3, 0.4) is 0 Å². The summed E-state index contributed by atoms with van der Waals surface area (Å²) in [6.07, 6.45) is -0.608. The summed E-state index contributed by atoms with van der Waals surface area (Å²) in [6, 6.07) is 12.5. The van der Waals surface area contributed by atoms with E-state index >= 15 is 0 Å². The molecule has 122 valence electrons. The van der Waals surface area contributed by atoms with Crippen LogP contribution < -0.4 is 0 Å². The fourth-order valence-corrected chi connectivity index (χ4v) is 3.56.